The predicted molar refractivity (Wildman–Crippen MR) is 49.0 cm³/mol. The van der Waals surface area contributed by atoms with E-state index in [1.165, 1.54) is 0 Å². The third kappa shape index (κ3) is 3.04. The van der Waals surface area contributed by atoms with E-state index >= 15 is 0 Å². The van der Waals surface area contributed by atoms with Gasteiger partial charge in [-0.15, -0.1) is 0 Å². The van der Waals surface area contributed by atoms with E-state index in [0.29, 0.717) is 6.07 Å². The number of nitrogens with two attached hydrogens (primary N) is 1. The van der Waals surface area contributed by atoms with E-state index in [2.05, 4.69) is 4.74 Å². The van der Waals surface area contributed by atoms with Crippen LogP contribution < -0.4 is 10.5 Å². The zero-order valence-corrected chi connectivity index (χ0v) is 7.91. The number of ether oxygens (including phenoxy) is 1. The molecule has 0 spiro atoms. The molecule has 88 valence electrons. The van der Waals surface area contributed by atoms with E-state index in [1.54, 1.807) is 0 Å². The molecule has 4 nitrogen and oxygen atoms in total. The van der Waals surface area contributed by atoms with Crippen LogP contribution in [-0.4, -0.2) is 17.7 Å². The fraction of sp³-hybridized carbons (Fsp3) is 0.222. The van der Waals surface area contributed by atoms with Crippen LogP contribution in [0.4, 0.5) is 18.9 Å². The fourth-order valence-corrected chi connectivity index (χ4v) is 0.996. The van der Waals surface area contributed by atoms with Gasteiger partial charge in [0.1, 0.15) is 5.75 Å². The van der Waals surface area contributed by atoms with Gasteiger partial charge in [0.05, 0.1) is 11.3 Å². The normalized spacial score (nSPS) is 11.2. The van der Waals surface area contributed by atoms with E-state index in [4.69, 9.17) is 10.8 Å². The Balaban J connectivity index is 2.88. The molecule has 0 unspecified atom stereocenters. The zero-order valence-electron chi connectivity index (χ0n) is 7.91. The Kier molecular flexibility index (Phi) is 3.26. The van der Waals surface area contributed by atoms with Crippen molar-refractivity contribution in [1.82, 2.24) is 0 Å². The largest absolute Gasteiger partial charge is 0.480 e. The van der Waals surface area contributed by atoms with Gasteiger partial charge in [-0.3, -0.25) is 0 Å². The maximum Gasteiger partial charge on any atom is 0.416 e. The van der Waals surface area contributed by atoms with Crippen LogP contribution in [0.2, 0.25) is 0 Å². The standard InChI is InChI=1S/C9H8F3NO3/c10-9(11,12)5-1-2-7(6(13)3-5)16-4-8(14)15/h1-3H,4,13H2,(H,14,15). The Labute approximate surface area is 88.4 Å². The molecule has 1 aromatic carbocycles. The number of alkyl halides is 3. The summed E-state index contributed by atoms with van der Waals surface area (Å²) in [6.07, 6.45) is -4.49. The first-order chi connectivity index (χ1) is 7.30. The van der Waals surface area contributed by atoms with Crippen LogP contribution in [0.3, 0.4) is 0 Å². The number of rotatable bonds is 3. The lowest BCUT2D eigenvalue weighted by Gasteiger charge is -2.10. The molecule has 0 heterocycles. The zero-order chi connectivity index (χ0) is 12.3. The summed E-state index contributed by atoms with van der Waals surface area (Å²) in [5.74, 6) is -1.32. The van der Waals surface area contributed by atoms with Crippen molar-refractivity contribution < 1.29 is 27.8 Å². The van der Waals surface area contributed by atoms with Crippen LogP contribution in [0.5, 0.6) is 5.75 Å². The van der Waals surface area contributed by atoms with Crippen molar-refractivity contribution in [3.05, 3.63) is 23.8 Å². The molecule has 0 aliphatic carbocycles. The average Bonchev–Trinajstić information content (AvgIpc) is 2.14. The van der Waals surface area contributed by atoms with Crippen LogP contribution >= 0.6 is 0 Å². The highest BCUT2D eigenvalue weighted by Crippen LogP contribution is 2.33. The molecule has 0 saturated carbocycles. The van der Waals surface area contributed by atoms with E-state index in [0.717, 1.165) is 12.1 Å². The molecule has 1 aromatic rings. The molecule has 16 heavy (non-hydrogen) atoms. The molecule has 3 N–H and O–H groups in total. The second-order valence-electron chi connectivity index (χ2n) is 2.93. The van der Waals surface area contributed by atoms with Crippen molar-refractivity contribution in [2.75, 3.05) is 12.3 Å². The molecule has 0 amide bonds. The monoisotopic (exact) mass is 235 g/mol. The van der Waals surface area contributed by atoms with E-state index in [9.17, 15) is 18.0 Å². The maximum absolute atomic E-state index is 12.2. The Morgan fingerprint density at radius 3 is 2.50 bits per heavy atom. The highest BCUT2D eigenvalue weighted by molar-refractivity contribution is 5.69. The number of benzene rings is 1. The molecule has 0 aliphatic heterocycles. The van der Waals surface area contributed by atoms with Gasteiger partial charge < -0.3 is 15.6 Å². The predicted octanol–water partition coefficient (Wildman–Crippen LogP) is 1.75. The van der Waals surface area contributed by atoms with Crippen molar-refractivity contribution in [1.29, 1.82) is 0 Å². The average molecular weight is 235 g/mol. The Hall–Kier alpha value is -1.92. The van der Waals surface area contributed by atoms with Crippen LogP contribution in [0.25, 0.3) is 0 Å². The number of carboxylic acids is 1. The van der Waals surface area contributed by atoms with Crippen LogP contribution in [0.15, 0.2) is 18.2 Å². The highest BCUT2D eigenvalue weighted by atomic mass is 19.4. The SMILES string of the molecule is Nc1cc(C(F)(F)F)ccc1OCC(=O)O. The molecule has 0 atom stereocenters. The highest BCUT2D eigenvalue weighted by Gasteiger charge is 2.30. The van der Waals surface area contributed by atoms with Gasteiger partial charge in [-0.2, -0.15) is 13.2 Å². The number of anilines is 1. The number of carbonyl (C=O) groups is 1. The summed E-state index contributed by atoms with van der Waals surface area (Å²) in [5, 5.41) is 8.30. The second-order valence-corrected chi connectivity index (χ2v) is 2.93. The summed E-state index contributed by atoms with van der Waals surface area (Å²) in [6.45, 7) is -0.657. The molecule has 0 aliphatic rings. The third-order valence-corrected chi connectivity index (χ3v) is 1.69. The van der Waals surface area contributed by atoms with Gasteiger partial charge in [-0.05, 0) is 18.2 Å². The summed E-state index contributed by atoms with van der Waals surface area (Å²) in [5.41, 5.74) is 4.12. The summed E-state index contributed by atoms with van der Waals surface area (Å²) >= 11 is 0. The lowest BCUT2D eigenvalue weighted by atomic mass is 10.2. The van der Waals surface area contributed by atoms with Crippen LogP contribution in [0.1, 0.15) is 5.56 Å². The summed E-state index contributed by atoms with van der Waals surface area (Å²) in [7, 11) is 0. The van der Waals surface area contributed by atoms with Crippen molar-refractivity contribution >= 4 is 11.7 Å². The first kappa shape index (κ1) is 12.2. The molecular weight excluding hydrogens is 227 g/mol. The van der Waals surface area contributed by atoms with Crippen molar-refractivity contribution in [2.45, 2.75) is 6.18 Å². The van der Waals surface area contributed by atoms with Gasteiger partial charge in [-0.25, -0.2) is 4.79 Å². The maximum atomic E-state index is 12.2. The fourth-order valence-electron chi connectivity index (χ4n) is 0.996. The van der Waals surface area contributed by atoms with Gasteiger partial charge in [0.2, 0.25) is 0 Å². The van der Waals surface area contributed by atoms with E-state index < -0.39 is 24.3 Å². The van der Waals surface area contributed by atoms with Crippen LogP contribution in [0, 0.1) is 0 Å². The van der Waals surface area contributed by atoms with E-state index in [-0.39, 0.29) is 11.4 Å². The molecule has 0 fully saturated rings. The minimum Gasteiger partial charge on any atom is -0.480 e. The smallest absolute Gasteiger partial charge is 0.416 e. The number of halogens is 3. The van der Waals surface area contributed by atoms with Crippen molar-refractivity contribution in [3.8, 4) is 5.75 Å². The first-order valence-electron chi connectivity index (χ1n) is 4.12. The third-order valence-electron chi connectivity index (χ3n) is 1.69. The van der Waals surface area contributed by atoms with Gasteiger partial charge in [0.25, 0.3) is 0 Å². The first-order valence-corrected chi connectivity index (χ1v) is 4.12. The molecular formula is C9H8F3NO3. The minimum absolute atomic E-state index is 0.0876. The molecule has 0 saturated heterocycles. The van der Waals surface area contributed by atoms with Gasteiger partial charge >= 0.3 is 12.1 Å². The van der Waals surface area contributed by atoms with Gasteiger partial charge in [0.15, 0.2) is 6.61 Å². The summed E-state index contributed by atoms with van der Waals surface area (Å²) in [4.78, 5) is 10.2. The van der Waals surface area contributed by atoms with E-state index in [1.807, 2.05) is 0 Å². The number of carboxylic acid groups (broad SMARTS) is 1. The Morgan fingerprint density at radius 2 is 2.06 bits per heavy atom. The molecule has 0 radical (unpaired) electrons. The summed E-state index contributed by atoms with van der Waals surface area (Å²) < 4.78 is 41.3. The van der Waals surface area contributed by atoms with Gasteiger partial charge in [0, 0.05) is 0 Å². The minimum atomic E-state index is -4.49. The lowest BCUT2D eigenvalue weighted by molar-refractivity contribution is -0.139. The number of aliphatic carboxylic acids is 1. The number of nitrogen functional groups attached to an aromatic ring is 1. The van der Waals surface area contributed by atoms with Crippen molar-refractivity contribution in [3.63, 3.8) is 0 Å². The quantitative estimate of drug-likeness (QED) is 0.783. The number of hydrogen-bond donors (Lipinski definition) is 2. The molecule has 1 rings (SSSR count). The van der Waals surface area contributed by atoms with Crippen LogP contribution in [-0.2, 0) is 11.0 Å². The molecule has 7 heteroatoms. The Bertz CT molecular complexity index is 403. The lowest BCUT2D eigenvalue weighted by Crippen LogP contribution is -2.11. The topological polar surface area (TPSA) is 72.5 Å². The Morgan fingerprint density at radius 1 is 1.44 bits per heavy atom. The second kappa shape index (κ2) is 4.30. The van der Waals surface area contributed by atoms with Crippen molar-refractivity contribution in [2.24, 2.45) is 0 Å². The number of hydrogen-bond acceptors (Lipinski definition) is 3. The molecule has 0 bridgehead atoms. The molecule has 0 aromatic heterocycles. The summed E-state index contributed by atoms with van der Waals surface area (Å²) in [6, 6.07) is 2.45. The van der Waals surface area contributed by atoms with Gasteiger partial charge in [-0.1, -0.05) is 0 Å².